The van der Waals surface area contributed by atoms with Crippen molar-refractivity contribution >= 4 is 5.82 Å². The van der Waals surface area contributed by atoms with Crippen molar-refractivity contribution in [2.45, 2.75) is 52.6 Å². The normalized spacial score (nSPS) is 17.2. The molecule has 1 aliphatic rings. The van der Waals surface area contributed by atoms with Gasteiger partial charge in [0.25, 0.3) is 5.56 Å². The molecule has 0 amide bonds. The van der Waals surface area contributed by atoms with Gasteiger partial charge in [0.1, 0.15) is 5.82 Å². The number of hydrogen-bond donors (Lipinski definition) is 2. The summed E-state index contributed by atoms with van der Waals surface area (Å²) in [4.78, 5) is 28.6. The van der Waals surface area contributed by atoms with Crippen LogP contribution >= 0.6 is 0 Å². The van der Waals surface area contributed by atoms with Crippen molar-refractivity contribution in [3.05, 3.63) is 26.4 Å². The van der Waals surface area contributed by atoms with E-state index in [1.807, 2.05) is 0 Å². The molecule has 0 aliphatic carbocycles. The summed E-state index contributed by atoms with van der Waals surface area (Å²) >= 11 is 0. The van der Waals surface area contributed by atoms with E-state index in [4.69, 9.17) is 5.73 Å². The van der Waals surface area contributed by atoms with Crippen molar-refractivity contribution in [1.82, 2.24) is 14.5 Å². The maximum absolute atomic E-state index is 12.0. The quantitative estimate of drug-likeness (QED) is 0.853. The Morgan fingerprint density at radius 1 is 1.29 bits per heavy atom. The summed E-state index contributed by atoms with van der Waals surface area (Å²) in [6.07, 6.45) is 4.14. The predicted molar refractivity (Wildman–Crippen MR) is 84.3 cm³/mol. The molecule has 118 valence electrons. The van der Waals surface area contributed by atoms with Crippen LogP contribution in [0.15, 0.2) is 9.59 Å². The predicted octanol–water partition coefficient (Wildman–Crippen LogP) is 1.15. The second kappa shape index (κ2) is 6.93. The number of aromatic nitrogens is 2. The fourth-order valence-electron chi connectivity index (χ4n) is 2.76. The fourth-order valence-corrected chi connectivity index (χ4v) is 2.76. The van der Waals surface area contributed by atoms with E-state index in [2.05, 4.69) is 23.7 Å². The number of nitrogens with two attached hydrogens (primary N) is 1. The van der Waals surface area contributed by atoms with E-state index < -0.39 is 5.69 Å². The zero-order chi connectivity index (χ0) is 15.4. The van der Waals surface area contributed by atoms with Gasteiger partial charge in [-0.3, -0.25) is 19.2 Å². The lowest BCUT2D eigenvalue weighted by Crippen LogP contribution is -2.39. The Morgan fingerprint density at radius 2 is 1.95 bits per heavy atom. The number of nitrogen functional groups attached to an aromatic ring is 1. The van der Waals surface area contributed by atoms with Gasteiger partial charge in [-0.25, -0.2) is 4.79 Å². The molecule has 0 saturated carbocycles. The molecule has 1 aromatic heterocycles. The van der Waals surface area contributed by atoms with E-state index in [1.165, 1.54) is 4.57 Å². The molecule has 0 bridgehead atoms. The molecule has 1 saturated heterocycles. The van der Waals surface area contributed by atoms with Gasteiger partial charge in [-0.05, 0) is 38.3 Å². The van der Waals surface area contributed by atoms with Gasteiger partial charge in [-0.1, -0.05) is 20.3 Å². The third-order valence-electron chi connectivity index (χ3n) is 4.33. The first-order chi connectivity index (χ1) is 10.0. The van der Waals surface area contributed by atoms with Crippen LogP contribution in [-0.2, 0) is 13.1 Å². The van der Waals surface area contributed by atoms with E-state index in [1.54, 1.807) is 0 Å². The highest BCUT2D eigenvalue weighted by Gasteiger charge is 2.19. The summed E-state index contributed by atoms with van der Waals surface area (Å²) in [7, 11) is 0. The van der Waals surface area contributed by atoms with Crippen LogP contribution in [0, 0.1) is 5.92 Å². The Balaban J connectivity index is 2.22. The minimum Gasteiger partial charge on any atom is -0.385 e. The fraction of sp³-hybridized carbons (Fsp3) is 0.733. The van der Waals surface area contributed by atoms with Crippen molar-refractivity contribution in [2.24, 2.45) is 5.92 Å². The number of rotatable bonds is 5. The van der Waals surface area contributed by atoms with Gasteiger partial charge >= 0.3 is 5.69 Å². The summed E-state index contributed by atoms with van der Waals surface area (Å²) in [5.74, 6) is 1.08. The Hall–Kier alpha value is -1.56. The summed E-state index contributed by atoms with van der Waals surface area (Å²) < 4.78 is 1.49. The Kier molecular flexibility index (Phi) is 5.22. The second-order valence-corrected chi connectivity index (χ2v) is 6.09. The minimum absolute atomic E-state index is 0.329. The van der Waals surface area contributed by atoms with E-state index in [-0.39, 0.29) is 5.56 Å². The standard InChI is InChI=1S/C15H26N4O2/c1-3-4-7-19-13(16)12(14(20)17-15(19)21)10-18-8-5-11(2)6-9-18/h11H,3-10,16H2,1-2H3,(H,17,20,21). The lowest BCUT2D eigenvalue weighted by Gasteiger charge is -2.30. The van der Waals surface area contributed by atoms with Gasteiger partial charge in [0, 0.05) is 13.1 Å². The van der Waals surface area contributed by atoms with Crippen LogP contribution in [0.1, 0.15) is 45.1 Å². The van der Waals surface area contributed by atoms with Gasteiger partial charge in [0.15, 0.2) is 0 Å². The Labute approximate surface area is 125 Å². The molecule has 0 aromatic carbocycles. The van der Waals surface area contributed by atoms with Crippen LogP contribution in [0.2, 0.25) is 0 Å². The zero-order valence-corrected chi connectivity index (χ0v) is 13.0. The molecule has 2 heterocycles. The highest BCUT2D eigenvalue weighted by molar-refractivity contribution is 5.38. The molecule has 1 fully saturated rings. The molecule has 6 nitrogen and oxygen atoms in total. The lowest BCUT2D eigenvalue weighted by molar-refractivity contribution is 0.184. The maximum atomic E-state index is 12.0. The molecule has 0 radical (unpaired) electrons. The van der Waals surface area contributed by atoms with Crippen LogP contribution in [0.25, 0.3) is 0 Å². The Morgan fingerprint density at radius 3 is 2.57 bits per heavy atom. The number of piperidine rings is 1. The minimum atomic E-state index is -0.401. The third-order valence-corrected chi connectivity index (χ3v) is 4.33. The summed E-state index contributed by atoms with van der Waals surface area (Å²) in [5.41, 5.74) is 5.87. The van der Waals surface area contributed by atoms with Gasteiger partial charge in [-0.2, -0.15) is 0 Å². The van der Waals surface area contributed by atoms with Crippen molar-refractivity contribution < 1.29 is 0 Å². The van der Waals surface area contributed by atoms with E-state index in [0.29, 0.717) is 24.5 Å². The van der Waals surface area contributed by atoms with Crippen molar-refractivity contribution in [1.29, 1.82) is 0 Å². The van der Waals surface area contributed by atoms with Gasteiger partial charge in [0.2, 0.25) is 0 Å². The molecule has 3 N–H and O–H groups in total. The molecule has 6 heteroatoms. The number of likely N-dealkylation sites (tertiary alicyclic amines) is 1. The van der Waals surface area contributed by atoms with Crippen LogP contribution in [-0.4, -0.2) is 27.5 Å². The maximum Gasteiger partial charge on any atom is 0.329 e. The van der Waals surface area contributed by atoms with Crippen molar-refractivity contribution in [3.63, 3.8) is 0 Å². The molecular weight excluding hydrogens is 268 g/mol. The smallest absolute Gasteiger partial charge is 0.329 e. The molecule has 0 atom stereocenters. The highest BCUT2D eigenvalue weighted by atomic mass is 16.2. The van der Waals surface area contributed by atoms with E-state index >= 15 is 0 Å². The molecular formula is C15H26N4O2. The number of aromatic amines is 1. The first-order valence-electron chi connectivity index (χ1n) is 7.86. The topological polar surface area (TPSA) is 84.1 Å². The molecule has 2 rings (SSSR count). The first-order valence-corrected chi connectivity index (χ1v) is 7.86. The molecule has 1 aromatic rings. The Bertz CT molecular complexity index is 582. The zero-order valence-electron chi connectivity index (χ0n) is 13.0. The molecule has 21 heavy (non-hydrogen) atoms. The van der Waals surface area contributed by atoms with Gasteiger partial charge in [-0.15, -0.1) is 0 Å². The SMILES string of the molecule is CCCCn1c(N)c(CN2CCC(C)CC2)c(=O)[nH]c1=O. The van der Waals surface area contributed by atoms with Crippen LogP contribution in [0.5, 0.6) is 0 Å². The number of hydrogen-bond acceptors (Lipinski definition) is 4. The lowest BCUT2D eigenvalue weighted by atomic mass is 9.99. The molecule has 0 spiro atoms. The average Bonchev–Trinajstić information content (AvgIpc) is 2.45. The molecule has 0 unspecified atom stereocenters. The number of anilines is 1. The summed E-state index contributed by atoms with van der Waals surface area (Å²) in [5, 5.41) is 0. The molecule has 1 aliphatic heterocycles. The summed E-state index contributed by atoms with van der Waals surface area (Å²) in [6, 6.07) is 0. The van der Waals surface area contributed by atoms with Crippen LogP contribution in [0.4, 0.5) is 5.82 Å². The number of nitrogens with zero attached hydrogens (tertiary/aromatic N) is 2. The first kappa shape index (κ1) is 15.8. The third kappa shape index (κ3) is 3.75. The summed E-state index contributed by atoms with van der Waals surface area (Å²) in [6.45, 7) is 7.36. The largest absolute Gasteiger partial charge is 0.385 e. The number of H-pyrrole nitrogens is 1. The number of unbranched alkanes of at least 4 members (excludes halogenated alkanes) is 1. The highest BCUT2D eigenvalue weighted by Crippen LogP contribution is 2.18. The monoisotopic (exact) mass is 294 g/mol. The van der Waals surface area contributed by atoms with Gasteiger partial charge < -0.3 is 5.73 Å². The van der Waals surface area contributed by atoms with Crippen molar-refractivity contribution in [2.75, 3.05) is 18.8 Å². The van der Waals surface area contributed by atoms with Crippen LogP contribution < -0.4 is 17.0 Å². The second-order valence-electron chi connectivity index (χ2n) is 6.09. The van der Waals surface area contributed by atoms with Crippen LogP contribution in [0.3, 0.4) is 0 Å². The van der Waals surface area contributed by atoms with E-state index in [0.717, 1.165) is 44.7 Å². The number of nitrogens with one attached hydrogen (secondary N) is 1. The van der Waals surface area contributed by atoms with Crippen molar-refractivity contribution in [3.8, 4) is 0 Å². The van der Waals surface area contributed by atoms with E-state index in [9.17, 15) is 9.59 Å². The average molecular weight is 294 g/mol. The van der Waals surface area contributed by atoms with Gasteiger partial charge in [0.05, 0.1) is 5.56 Å².